The zero-order chi connectivity index (χ0) is 8.85. The number of allylic oxidation sites excluding steroid dienone is 3. The van der Waals surface area contributed by atoms with Crippen LogP contribution in [0.3, 0.4) is 0 Å². The first kappa shape index (κ1) is 9.42. The van der Waals surface area contributed by atoms with Gasteiger partial charge in [-0.05, 0) is 18.6 Å². The zero-order valence-electron chi connectivity index (χ0n) is 6.07. The number of aldehydes is 1. The van der Waals surface area contributed by atoms with E-state index in [1.165, 1.54) is 12.2 Å². The molecule has 0 aromatic carbocycles. The quantitative estimate of drug-likeness (QED) is 0.343. The van der Waals surface area contributed by atoms with Crippen LogP contribution in [0.2, 0.25) is 0 Å². The molecule has 4 heteroatoms. The summed E-state index contributed by atoms with van der Waals surface area (Å²) in [5.74, 6) is -1.19. The Bertz CT molecular complexity index is 228. The van der Waals surface area contributed by atoms with Gasteiger partial charge in [-0.1, -0.05) is 6.08 Å². The monoisotopic (exact) mass is 155 g/mol. The number of carbonyl (C=O) groups is 2. The lowest BCUT2D eigenvalue weighted by molar-refractivity contribution is -0.132. The molecule has 0 aliphatic carbocycles. The molecule has 3 N–H and O–H groups in total. The third-order valence-electron chi connectivity index (χ3n) is 0.959. The molecule has 0 atom stereocenters. The van der Waals surface area contributed by atoms with Crippen molar-refractivity contribution in [3.8, 4) is 0 Å². The van der Waals surface area contributed by atoms with Crippen molar-refractivity contribution in [2.75, 3.05) is 0 Å². The summed E-state index contributed by atoms with van der Waals surface area (Å²) in [6, 6.07) is 0. The predicted octanol–water partition coefficient (Wildman–Crippen LogP) is 0.0588. The van der Waals surface area contributed by atoms with Crippen LogP contribution in [0.5, 0.6) is 0 Å². The molecule has 60 valence electrons. The highest BCUT2D eigenvalue weighted by molar-refractivity contribution is 5.86. The van der Waals surface area contributed by atoms with E-state index in [1.54, 1.807) is 6.92 Å². The number of rotatable bonds is 3. The molecule has 0 saturated carbocycles. The molecule has 0 unspecified atom stereocenters. The number of nitrogens with two attached hydrogens (primary N) is 1. The van der Waals surface area contributed by atoms with Crippen molar-refractivity contribution >= 4 is 12.3 Å². The number of hydrogen-bond acceptors (Lipinski definition) is 3. The summed E-state index contributed by atoms with van der Waals surface area (Å²) in [5, 5.41) is 8.26. The Morgan fingerprint density at radius 1 is 1.45 bits per heavy atom. The van der Waals surface area contributed by atoms with Crippen molar-refractivity contribution in [1.82, 2.24) is 0 Å². The minimum Gasteiger partial charge on any atom is -0.477 e. The Balaban J connectivity index is 4.34. The molecule has 0 aliphatic rings. The lowest BCUT2D eigenvalue weighted by atomic mass is 10.3. The maximum atomic E-state index is 10.1. The molecule has 0 amide bonds. The minimum absolute atomic E-state index is 0.286. The third-order valence-corrected chi connectivity index (χ3v) is 0.959. The average Bonchev–Trinajstić information content (AvgIpc) is 1.99. The summed E-state index contributed by atoms with van der Waals surface area (Å²) in [6.07, 6.45) is 3.13. The first-order chi connectivity index (χ1) is 5.07. The van der Waals surface area contributed by atoms with Gasteiger partial charge in [0, 0.05) is 0 Å². The van der Waals surface area contributed by atoms with Crippen LogP contribution >= 0.6 is 0 Å². The summed E-state index contributed by atoms with van der Waals surface area (Å²) in [6.45, 7) is 1.55. The highest BCUT2D eigenvalue weighted by atomic mass is 16.4. The van der Waals surface area contributed by atoms with Gasteiger partial charge in [-0.25, -0.2) is 4.79 Å². The highest BCUT2D eigenvalue weighted by Crippen LogP contribution is 1.90. The molecule has 0 aromatic heterocycles. The predicted molar refractivity (Wildman–Crippen MR) is 39.7 cm³/mol. The van der Waals surface area contributed by atoms with Crippen LogP contribution in [-0.2, 0) is 9.59 Å². The number of hydrogen-bond donors (Lipinski definition) is 2. The SMILES string of the molecule is C/C(C=O)=C/C=C(/N)C(=O)O. The minimum atomic E-state index is -1.19. The molecule has 0 spiro atoms. The molecular formula is C7H9NO3. The van der Waals surface area contributed by atoms with Crippen molar-refractivity contribution < 1.29 is 14.7 Å². The highest BCUT2D eigenvalue weighted by Gasteiger charge is 1.96. The number of carboxylic acids is 1. The van der Waals surface area contributed by atoms with Crippen LogP contribution in [0.1, 0.15) is 6.92 Å². The van der Waals surface area contributed by atoms with Gasteiger partial charge in [0.15, 0.2) is 0 Å². The normalized spacial score (nSPS) is 12.8. The summed E-state index contributed by atoms with van der Waals surface area (Å²) in [5.41, 5.74) is 5.16. The molecule has 11 heavy (non-hydrogen) atoms. The fourth-order valence-corrected chi connectivity index (χ4v) is 0.332. The Morgan fingerprint density at radius 3 is 2.36 bits per heavy atom. The number of carboxylic acid groups (broad SMARTS) is 1. The largest absolute Gasteiger partial charge is 0.477 e. The van der Waals surface area contributed by atoms with Gasteiger partial charge in [0.1, 0.15) is 12.0 Å². The van der Waals surface area contributed by atoms with Gasteiger partial charge < -0.3 is 10.8 Å². The van der Waals surface area contributed by atoms with Crippen LogP contribution < -0.4 is 5.73 Å². The van der Waals surface area contributed by atoms with E-state index in [0.29, 0.717) is 11.9 Å². The van der Waals surface area contributed by atoms with Gasteiger partial charge in [-0.2, -0.15) is 0 Å². The molecule has 4 nitrogen and oxygen atoms in total. The van der Waals surface area contributed by atoms with E-state index in [1.807, 2.05) is 0 Å². The lowest BCUT2D eigenvalue weighted by Crippen LogP contribution is -2.09. The molecule has 0 radical (unpaired) electrons. The molecule has 0 bridgehead atoms. The van der Waals surface area contributed by atoms with Crippen LogP contribution in [0.4, 0.5) is 0 Å². The summed E-state index contributed by atoms with van der Waals surface area (Å²) in [4.78, 5) is 20.1. The van der Waals surface area contributed by atoms with E-state index in [0.717, 1.165) is 0 Å². The molecule has 0 aromatic rings. The maximum absolute atomic E-state index is 10.1. The smallest absolute Gasteiger partial charge is 0.351 e. The van der Waals surface area contributed by atoms with Gasteiger partial charge in [-0.15, -0.1) is 0 Å². The van der Waals surface area contributed by atoms with Gasteiger partial charge in [0.25, 0.3) is 0 Å². The summed E-state index contributed by atoms with van der Waals surface area (Å²) < 4.78 is 0. The molecule has 0 saturated heterocycles. The van der Waals surface area contributed by atoms with Gasteiger partial charge in [-0.3, -0.25) is 4.79 Å². The van der Waals surface area contributed by atoms with E-state index in [9.17, 15) is 9.59 Å². The van der Waals surface area contributed by atoms with E-state index >= 15 is 0 Å². The second-order valence-electron chi connectivity index (χ2n) is 1.96. The van der Waals surface area contributed by atoms with Crippen molar-refractivity contribution in [2.24, 2.45) is 5.73 Å². The zero-order valence-corrected chi connectivity index (χ0v) is 6.07. The van der Waals surface area contributed by atoms with Crippen LogP contribution in [0, 0.1) is 0 Å². The van der Waals surface area contributed by atoms with Gasteiger partial charge in [0.05, 0.1) is 0 Å². The Labute approximate surface area is 64.0 Å². The Kier molecular flexibility index (Phi) is 3.66. The molecule has 0 heterocycles. The van der Waals surface area contributed by atoms with Crippen molar-refractivity contribution in [3.05, 3.63) is 23.4 Å². The second-order valence-corrected chi connectivity index (χ2v) is 1.96. The maximum Gasteiger partial charge on any atom is 0.351 e. The van der Waals surface area contributed by atoms with Gasteiger partial charge in [0.2, 0.25) is 0 Å². The summed E-state index contributed by atoms with van der Waals surface area (Å²) in [7, 11) is 0. The average molecular weight is 155 g/mol. The number of aliphatic carboxylic acids is 1. The standard InChI is InChI=1S/C7H9NO3/c1-5(4-9)2-3-6(8)7(10)11/h2-4H,8H2,1H3,(H,10,11)/b5-2-,6-3+. The van der Waals surface area contributed by atoms with Crippen LogP contribution in [-0.4, -0.2) is 17.4 Å². The molecular weight excluding hydrogens is 146 g/mol. The van der Waals surface area contributed by atoms with E-state index in [4.69, 9.17) is 10.8 Å². The van der Waals surface area contributed by atoms with Crippen molar-refractivity contribution in [1.29, 1.82) is 0 Å². The molecule has 0 fully saturated rings. The first-order valence-corrected chi connectivity index (χ1v) is 2.90. The molecule has 0 rings (SSSR count). The van der Waals surface area contributed by atoms with E-state index in [2.05, 4.69) is 0 Å². The van der Waals surface area contributed by atoms with E-state index in [-0.39, 0.29) is 5.70 Å². The lowest BCUT2D eigenvalue weighted by Gasteiger charge is -1.88. The third kappa shape index (κ3) is 3.91. The Hall–Kier alpha value is -1.58. The van der Waals surface area contributed by atoms with Crippen LogP contribution in [0.15, 0.2) is 23.4 Å². The van der Waals surface area contributed by atoms with E-state index < -0.39 is 5.97 Å². The summed E-state index contributed by atoms with van der Waals surface area (Å²) >= 11 is 0. The van der Waals surface area contributed by atoms with Crippen molar-refractivity contribution in [2.45, 2.75) is 6.92 Å². The first-order valence-electron chi connectivity index (χ1n) is 2.90. The van der Waals surface area contributed by atoms with Gasteiger partial charge >= 0.3 is 5.97 Å². The Morgan fingerprint density at radius 2 is 2.00 bits per heavy atom. The number of carbonyl (C=O) groups excluding carboxylic acids is 1. The second kappa shape index (κ2) is 4.27. The topological polar surface area (TPSA) is 80.4 Å². The van der Waals surface area contributed by atoms with Crippen molar-refractivity contribution in [3.63, 3.8) is 0 Å². The fourth-order valence-electron chi connectivity index (χ4n) is 0.332. The fraction of sp³-hybridized carbons (Fsp3) is 0.143. The van der Waals surface area contributed by atoms with Crippen LogP contribution in [0.25, 0.3) is 0 Å². The molecule has 0 aliphatic heterocycles.